The molecule has 1 heterocycles. The molecule has 0 fully saturated rings. The van der Waals surface area contributed by atoms with E-state index in [1.807, 2.05) is 43.3 Å². The second-order valence-corrected chi connectivity index (χ2v) is 12.0. The molecular formula is C30H38N4O6S. The quantitative estimate of drug-likeness (QED) is 0.503. The van der Waals surface area contributed by atoms with Crippen molar-refractivity contribution in [2.24, 2.45) is 0 Å². The first-order chi connectivity index (χ1) is 19.2. The number of hydrogen-bond acceptors (Lipinski definition) is 8. The molecule has 41 heavy (non-hydrogen) atoms. The molecule has 1 N–H and O–H groups in total. The molecule has 1 unspecified atom stereocenters. The third kappa shape index (κ3) is 10.7. The summed E-state index contributed by atoms with van der Waals surface area (Å²) in [6.07, 6.45) is -0.557. The molecular weight excluding hydrogens is 544 g/mol. The number of nitrogens with one attached hydrogen (secondary N) is 1. The minimum absolute atomic E-state index is 0.00460. The summed E-state index contributed by atoms with van der Waals surface area (Å²) in [6.45, 7) is 9.55. The average molecular weight is 583 g/mol. The average Bonchev–Trinajstić information content (AvgIpc) is 3.10. The van der Waals surface area contributed by atoms with Gasteiger partial charge in [-0.1, -0.05) is 35.9 Å². The Bertz CT molecular complexity index is 1330. The van der Waals surface area contributed by atoms with Gasteiger partial charge in [-0.25, -0.2) is 4.79 Å². The van der Waals surface area contributed by atoms with E-state index in [2.05, 4.69) is 36.5 Å². The van der Waals surface area contributed by atoms with E-state index in [0.717, 1.165) is 16.8 Å². The molecule has 10 nitrogen and oxygen atoms in total. The van der Waals surface area contributed by atoms with E-state index in [1.165, 1.54) is 22.8 Å². The number of nitrogens with zero attached hydrogens (tertiary/aromatic N) is 3. The minimum atomic E-state index is -1.34. The Morgan fingerprint density at radius 3 is 2.34 bits per heavy atom. The van der Waals surface area contributed by atoms with Crippen LogP contribution in [-0.4, -0.2) is 72.2 Å². The van der Waals surface area contributed by atoms with E-state index in [-0.39, 0.29) is 24.4 Å². The maximum Gasteiger partial charge on any atom is 0.410 e. The van der Waals surface area contributed by atoms with Gasteiger partial charge in [0.15, 0.2) is 5.75 Å². The highest BCUT2D eigenvalue weighted by Gasteiger charge is 2.27. The highest BCUT2D eigenvalue weighted by molar-refractivity contribution is 7.88. The molecule has 3 rings (SSSR count). The van der Waals surface area contributed by atoms with Gasteiger partial charge in [-0.05, 0) is 57.9 Å². The van der Waals surface area contributed by atoms with Gasteiger partial charge in [0.05, 0.1) is 18.3 Å². The van der Waals surface area contributed by atoms with Gasteiger partial charge in [0, 0.05) is 48.2 Å². The third-order valence-corrected chi connectivity index (χ3v) is 6.81. The normalized spacial score (nSPS) is 15.5. The van der Waals surface area contributed by atoms with Crippen LogP contribution in [0, 0.1) is 18.3 Å². The van der Waals surface area contributed by atoms with Crippen LogP contribution in [0.4, 0.5) is 10.5 Å². The fraction of sp³-hybridized carbons (Fsp3) is 0.400. The van der Waals surface area contributed by atoms with Crippen LogP contribution in [0.3, 0.4) is 0 Å². The highest BCUT2D eigenvalue weighted by atomic mass is 32.2. The highest BCUT2D eigenvalue weighted by Crippen LogP contribution is 2.32. The van der Waals surface area contributed by atoms with Crippen LogP contribution < -0.4 is 15.0 Å². The zero-order chi connectivity index (χ0) is 30.7. The number of hydrogen-bond donors (Lipinski definition) is 1. The molecule has 0 spiro atoms. The van der Waals surface area contributed by atoms with Gasteiger partial charge in [-0.2, -0.15) is 5.26 Å². The van der Waals surface area contributed by atoms with Crippen LogP contribution in [0.5, 0.6) is 5.75 Å². The Kier molecular flexibility index (Phi) is 12.1. The van der Waals surface area contributed by atoms with Crippen molar-refractivity contribution in [3.63, 3.8) is 0 Å². The molecule has 1 aliphatic heterocycles. The Hall–Kier alpha value is -4.17. The monoisotopic (exact) mass is 582 g/mol. The molecule has 1 aliphatic rings. The summed E-state index contributed by atoms with van der Waals surface area (Å²) >= 11 is 0. The van der Waals surface area contributed by atoms with Crippen molar-refractivity contribution in [1.82, 2.24) is 10.2 Å². The van der Waals surface area contributed by atoms with Crippen LogP contribution in [0.2, 0.25) is 0 Å². The summed E-state index contributed by atoms with van der Waals surface area (Å²) in [5.41, 5.74) is 3.91. The number of anilines is 1. The van der Waals surface area contributed by atoms with Crippen LogP contribution in [0.25, 0.3) is 11.1 Å². The lowest BCUT2D eigenvalue weighted by atomic mass is 10.0. The topological polar surface area (TPSA) is 129 Å². The summed E-state index contributed by atoms with van der Waals surface area (Å²) in [5, 5.41) is 12.5. The van der Waals surface area contributed by atoms with Gasteiger partial charge in [0.25, 0.3) is 12.4 Å². The van der Waals surface area contributed by atoms with Gasteiger partial charge in [0.2, 0.25) is 0 Å². The van der Waals surface area contributed by atoms with Crippen molar-refractivity contribution in [2.75, 3.05) is 37.8 Å². The Labute approximate surface area is 244 Å². The van der Waals surface area contributed by atoms with Gasteiger partial charge < -0.3 is 24.6 Å². The summed E-state index contributed by atoms with van der Waals surface area (Å²) in [7, 11) is 2.50. The van der Waals surface area contributed by atoms with Crippen LogP contribution in [0.1, 0.15) is 33.3 Å². The first kappa shape index (κ1) is 33.0. The molecule has 0 bridgehead atoms. The maximum atomic E-state index is 12.1. The summed E-state index contributed by atoms with van der Waals surface area (Å²) < 4.78 is 22.1. The van der Waals surface area contributed by atoms with E-state index in [0.29, 0.717) is 12.2 Å². The SMILES string of the molecule is C[C@@H](C#N)NC(=O)C1=CS(=O)CCN(C(=O)OC(C)(C)C)C1.Cc1ccc(-c2ccc(OC=O)c(N(C)C)c2)cc1. The van der Waals surface area contributed by atoms with Crippen LogP contribution in [0.15, 0.2) is 53.4 Å². The number of rotatable bonds is 6. The zero-order valence-corrected chi connectivity index (χ0v) is 25.4. The van der Waals surface area contributed by atoms with Crippen LogP contribution in [-0.2, 0) is 25.1 Å². The fourth-order valence-electron chi connectivity index (χ4n) is 3.61. The molecule has 2 aromatic carbocycles. The van der Waals surface area contributed by atoms with Crippen molar-refractivity contribution in [1.29, 1.82) is 5.26 Å². The number of aryl methyl sites for hydroxylation is 1. The van der Waals surface area contributed by atoms with Crippen molar-refractivity contribution >= 4 is 35.0 Å². The molecule has 2 aromatic rings. The number of nitriles is 1. The van der Waals surface area contributed by atoms with Crippen LogP contribution >= 0.6 is 0 Å². The molecule has 220 valence electrons. The summed E-state index contributed by atoms with van der Waals surface area (Å²) in [5.74, 6) is 0.304. The van der Waals surface area contributed by atoms with Gasteiger partial charge in [-0.15, -0.1) is 0 Å². The van der Waals surface area contributed by atoms with Gasteiger partial charge >= 0.3 is 6.09 Å². The number of ether oxygens (including phenoxy) is 2. The lowest BCUT2D eigenvalue weighted by Gasteiger charge is -2.26. The largest absolute Gasteiger partial charge is 0.444 e. The number of carbonyl (C=O) groups is 3. The predicted molar refractivity (Wildman–Crippen MR) is 160 cm³/mol. The lowest BCUT2D eigenvalue weighted by molar-refractivity contribution is -0.120. The molecule has 11 heteroatoms. The van der Waals surface area contributed by atoms with E-state index in [9.17, 15) is 18.6 Å². The molecule has 0 aromatic heterocycles. The van der Waals surface area contributed by atoms with E-state index >= 15 is 0 Å². The van der Waals surface area contributed by atoms with Crippen molar-refractivity contribution < 1.29 is 28.1 Å². The molecule has 0 aliphatic carbocycles. The lowest BCUT2D eigenvalue weighted by Crippen LogP contribution is -2.41. The Balaban J connectivity index is 0.000000289. The minimum Gasteiger partial charge on any atom is -0.444 e. The van der Waals surface area contributed by atoms with Gasteiger partial charge in [-0.3, -0.25) is 13.8 Å². The van der Waals surface area contributed by atoms with E-state index in [4.69, 9.17) is 14.7 Å². The maximum absolute atomic E-state index is 12.1. The standard InChI is InChI=1S/C16H17NO2.C14H21N3O4S/c1-12-4-6-13(7-5-12)14-8-9-16(19-11-18)15(10-14)17(2)3;1-10(7-15)16-12(18)11-8-17(5-6-22(20)9-11)13(19)21-14(2,3)4/h4-11H,1-3H3;9-10H,5-6,8H2,1-4H3,(H,16,18)/t;10-,22?/m.0/s1. The molecule has 0 saturated heterocycles. The smallest absolute Gasteiger partial charge is 0.410 e. The zero-order valence-electron chi connectivity index (χ0n) is 24.6. The molecule has 0 radical (unpaired) electrons. The van der Waals surface area contributed by atoms with Crippen molar-refractivity contribution in [3.05, 3.63) is 59.0 Å². The second-order valence-electron chi connectivity index (χ2n) is 10.6. The van der Waals surface area contributed by atoms with E-state index in [1.54, 1.807) is 20.8 Å². The third-order valence-electron chi connectivity index (χ3n) is 5.68. The Morgan fingerprint density at radius 1 is 1.15 bits per heavy atom. The summed E-state index contributed by atoms with van der Waals surface area (Å²) in [4.78, 5) is 38.0. The summed E-state index contributed by atoms with van der Waals surface area (Å²) in [6, 6.07) is 15.4. The van der Waals surface area contributed by atoms with E-state index < -0.39 is 34.4 Å². The molecule has 2 amide bonds. The number of benzene rings is 2. The predicted octanol–water partition coefficient (Wildman–Crippen LogP) is 4.16. The van der Waals surface area contributed by atoms with Crippen molar-refractivity contribution in [3.8, 4) is 22.9 Å². The first-order valence-electron chi connectivity index (χ1n) is 13.0. The Morgan fingerprint density at radius 2 is 1.78 bits per heavy atom. The fourth-order valence-corrected chi connectivity index (χ4v) is 4.63. The molecule has 2 atom stereocenters. The first-order valence-corrected chi connectivity index (χ1v) is 14.4. The number of amides is 2. The van der Waals surface area contributed by atoms with Gasteiger partial charge in [0.1, 0.15) is 11.6 Å². The molecule has 0 saturated carbocycles. The second kappa shape index (κ2) is 15.0. The van der Waals surface area contributed by atoms with Crippen molar-refractivity contribution in [2.45, 2.75) is 46.3 Å². The number of carbonyl (C=O) groups excluding carboxylic acids is 3.